The molecule has 0 atom stereocenters. The van der Waals surface area contributed by atoms with Crippen molar-refractivity contribution in [3.63, 3.8) is 0 Å². The molecule has 1 saturated carbocycles. The minimum atomic E-state index is -0.968. The van der Waals surface area contributed by atoms with Crippen LogP contribution in [0.4, 0.5) is 5.69 Å². The van der Waals surface area contributed by atoms with E-state index in [-0.39, 0.29) is 0 Å². The van der Waals surface area contributed by atoms with Crippen molar-refractivity contribution >= 4 is 29.3 Å². The van der Waals surface area contributed by atoms with Crippen molar-refractivity contribution < 1.29 is 9.90 Å². The normalized spacial score (nSPS) is 16.5. The molecule has 0 amide bonds. The van der Waals surface area contributed by atoms with E-state index in [4.69, 9.17) is 16.7 Å². The largest absolute Gasteiger partial charge is 0.478 e. The van der Waals surface area contributed by atoms with Crippen molar-refractivity contribution in [3.8, 4) is 0 Å². The van der Waals surface area contributed by atoms with Crippen LogP contribution < -0.4 is 4.90 Å². The molecular formula is C16H20ClNO2. The Morgan fingerprint density at radius 1 is 1.35 bits per heavy atom. The van der Waals surface area contributed by atoms with Gasteiger partial charge >= 0.3 is 5.97 Å². The summed E-state index contributed by atoms with van der Waals surface area (Å²) in [7, 11) is 2.11. The number of anilines is 1. The van der Waals surface area contributed by atoms with Crippen molar-refractivity contribution in [1.29, 1.82) is 0 Å². The average Bonchev–Trinajstić information content (AvgIpc) is 2.46. The number of aliphatic carboxylic acids is 1. The quantitative estimate of drug-likeness (QED) is 0.846. The molecule has 1 aliphatic rings. The molecule has 0 heterocycles. The number of nitrogens with zero attached hydrogens (tertiary/aromatic N) is 1. The predicted octanol–water partition coefficient (Wildman–Crippen LogP) is 4.21. The summed E-state index contributed by atoms with van der Waals surface area (Å²) in [5, 5.41) is 9.23. The summed E-state index contributed by atoms with van der Waals surface area (Å²) in [4.78, 5) is 12.8. The van der Waals surface area contributed by atoms with E-state index in [1.54, 1.807) is 0 Å². The lowest BCUT2D eigenvalue weighted by Crippen LogP contribution is -2.33. The van der Waals surface area contributed by atoms with Crippen molar-refractivity contribution in [2.75, 3.05) is 11.9 Å². The Morgan fingerprint density at radius 2 is 2.05 bits per heavy atom. The van der Waals surface area contributed by atoms with Crippen molar-refractivity contribution in [2.24, 2.45) is 0 Å². The van der Waals surface area contributed by atoms with Crippen molar-refractivity contribution in [3.05, 3.63) is 34.9 Å². The molecule has 1 aromatic rings. The van der Waals surface area contributed by atoms with Crippen LogP contribution in [-0.2, 0) is 4.79 Å². The number of carboxylic acids is 1. The first-order valence-corrected chi connectivity index (χ1v) is 7.39. The Balaban J connectivity index is 2.13. The maximum absolute atomic E-state index is 10.5. The first-order chi connectivity index (χ1) is 9.58. The number of hydrogen-bond donors (Lipinski definition) is 1. The topological polar surface area (TPSA) is 40.5 Å². The van der Waals surface area contributed by atoms with Gasteiger partial charge in [-0.3, -0.25) is 0 Å². The van der Waals surface area contributed by atoms with Gasteiger partial charge in [0.15, 0.2) is 0 Å². The summed E-state index contributed by atoms with van der Waals surface area (Å²) in [6, 6.07) is 6.37. The third-order valence-corrected chi connectivity index (χ3v) is 4.25. The third kappa shape index (κ3) is 3.76. The van der Waals surface area contributed by atoms with Gasteiger partial charge in [0.25, 0.3) is 0 Å². The van der Waals surface area contributed by atoms with Gasteiger partial charge in [0, 0.05) is 29.9 Å². The van der Waals surface area contributed by atoms with Gasteiger partial charge in [-0.05, 0) is 36.6 Å². The molecule has 0 aliphatic heterocycles. The predicted molar refractivity (Wildman–Crippen MR) is 83.4 cm³/mol. The number of benzene rings is 1. The zero-order valence-corrected chi connectivity index (χ0v) is 12.4. The van der Waals surface area contributed by atoms with Crippen LogP contribution in [0.5, 0.6) is 0 Å². The summed E-state index contributed by atoms with van der Waals surface area (Å²) in [5.41, 5.74) is 1.82. The Kier molecular flexibility index (Phi) is 5.07. The molecule has 1 aromatic carbocycles. The van der Waals surface area contributed by atoms with Gasteiger partial charge in [0.1, 0.15) is 0 Å². The maximum atomic E-state index is 10.5. The SMILES string of the molecule is CN(c1ccc(/C=C/C(=O)O)c(Cl)c1)C1CCCCC1. The third-order valence-electron chi connectivity index (χ3n) is 3.92. The Hall–Kier alpha value is -1.48. The van der Waals surface area contributed by atoms with Gasteiger partial charge in [0.2, 0.25) is 0 Å². The Morgan fingerprint density at radius 3 is 2.65 bits per heavy atom. The minimum Gasteiger partial charge on any atom is -0.478 e. The molecule has 0 bridgehead atoms. The molecule has 0 saturated heterocycles. The second kappa shape index (κ2) is 6.80. The molecule has 1 fully saturated rings. The second-order valence-electron chi connectivity index (χ2n) is 5.28. The number of carbonyl (C=O) groups is 1. The maximum Gasteiger partial charge on any atom is 0.328 e. The summed E-state index contributed by atoms with van der Waals surface area (Å²) in [6.45, 7) is 0. The first kappa shape index (κ1) is 14.9. The van der Waals surface area contributed by atoms with Crippen molar-refractivity contribution in [1.82, 2.24) is 0 Å². The highest BCUT2D eigenvalue weighted by atomic mass is 35.5. The number of hydrogen-bond acceptors (Lipinski definition) is 2. The van der Waals surface area contributed by atoms with Gasteiger partial charge in [-0.2, -0.15) is 0 Å². The van der Waals surface area contributed by atoms with Crippen LogP contribution in [0.15, 0.2) is 24.3 Å². The number of halogens is 1. The molecule has 1 N–H and O–H groups in total. The highest BCUT2D eigenvalue weighted by Gasteiger charge is 2.18. The van der Waals surface area contributed by atoms with E-state index in [0.29, 0.717) is 11.1 Å². The molecule has 4 heteroatoms. The van der Waals surface area contributed by atoms with E-state index in [2.05, 4.69) is 11.9 Å². The monoisotopic (exact) mass is 293 g/mol. The lowest BCUT2D eigenvalue weighted by atomic mass is 9.94. The number of carboxylic acid groups (broad SMARTS) is 1. The molecule has 108 valence electrons. The van der Waals surface area contributed by atoms with E-state index >= 15 is 0 Å². The van der Waals surface area contributed by atoms with Gasteiger partial charge < -0.3 is 10.0 Å². The fraction of sp³-hybridized carbons (Fsp3) is 0.438. The van der Waals surface area contributed by atoms with Crippen LogP contribution in [0.1, 0.15) is 37.7 Å². The van der Waals surface area contributed by atoms with Gasteiger partial charge in [-0.25, -0.2) is 4.79 Å². The molecule has 20 heavy (non-hydrogen) atoms. The van der Waals surface area contributed by atoms with Gasteiger partial charge in [-0.1, -0.05) is 36.9 Å². The van der Waals surface area contributed by atoms with Gasteiger partial charge in [-0.15, -0.1) is 0 Å². The summed E-state index contributed by atoms with van der Waals surface area (Å²) in [6.07, 6.45) is 9.01. The molecule has 3 nitrogen and oxygen atoms in total. The lowest BCUT2D eigenvalue weighted by molar-refractivity contribution is -0.131. The molecule has 0 aromatic heterocycles. The smallest absolute Gasteiger partial charge is 0.328 e. The standard InChI is InChI=1S/C16H20ClNO2/c1-18(13-5-3-2-4-6-13)14-9-7-12(15(17)11-14)8-10-16(19)20/h7-11,13H,2-6H2,1H3,(H,19,20)/b10-8+. The van der Waals surface area contributed by atoms with Crippen LogP contribution in [-0.4, -0.2) is 24.2 Å². The first-order valence-electron chi connectivity index (χ1n) is 7.01. The highest BCUT2D eigenvalue weighted by molar-refractivity contribution is 6.32. The van der Waals surface area contributed by atoms with E-state index < -0.39 is 5.97 Å². The molecule has 0 unspecified atom stereocenters. The molecule has 2 rings (SSSR count). The van der Waals surface area contributed by atoms with E-state index in [1.807, 2.05) is 18.2 Å². The van der Waals surface area contributed by atoms with E-state index in [1.165, 1.54) is 38.2 Å². The van der Waals surface area contributed by atoms with Crippen LogP contribution in [0.25, 0.3) is 6.08 Å². The summed E-state index contributed by atoms with van der Waals surface area (Å²) >= 11 is 6.23. The van der Waals surface area contributed by atoms with E-state index in [0.717, 1.165) is 17.3 Å². The van der Waals surface area contributed by atoms with Crippen molar-refractivity contribution in [2.45, 2.75) is 38.1 Å². The number of rotatable bonds is 4. The molecule has 0 radical (unpaired) electrons. The van der Waals surface area contributed by atoms with Crippen LogP contribution in [0, 0.1) is 0 Å². The minimum absolute atomic E-state index is 0.584. The summed E-state index contributed by atoms with van der Waals surface area (Å²) in [5.74, 6) is -0.968. The average molecular weight is 294 g/mol. The lowest BCUT2D eigenvalue weighted by Gasteiger charge is -2.33. The van der Waals surface area contributed by atoms with E-state index in [9.17, 15) is 4.79 Å². The fourth-order valence-electron chi connectivity index (χ4n) is 2.71. The van der Waals surface area contributed by atoms with Crippen LogP contribution in [0.3, 0.4) is 0 Å². The van der Waals surface area contributed by atoms with Gasteiger partial charge in [0.05, 0.1) is 0 Å². The Labute approximate surface area is 124 Å². The summed E-state index contributed by atoms with van der Waals surface area (Å²) < 4.78 is 0. The molecular weight excluding hydrogens is 274 g/mol. The zero-order valence-electron chi connectivity index (χ0n) is 11.7. The zero-order chi connectivity index (χ0) is 14.5. The second-order valence-corrected chi connectivity index (χ2v) is 5.69. The Bertz CT molecular complexity index is 507. The molecule has 0 spiro atoms. The molecule has 1 aliphatic carbocycles. The fourth-order valence-corrected chi connectivity index (χ4v) is 2.95. The highest BCUT2D eigenvalue weighted by Crippen LogP contribution is 2.29. The van der Waals surface area contributed by atoms with Crippen LogP contribution in [0.2, 0.25) is 5.02 Å². The van der Waals surface area contributed by atoms with Crippen LogP contribution >= 0.6 is 11.6 Å².